The van der Waals surface area contributed by atoms with E-state index in [4.69, 9.17) is 0 Å². The lowest BCUT2D eigenvalue weighted by molar-refractivity contribution is 0.0694. The van der Waals surface area contributed by atoms with Gasteiger partial charge in [-0.15, -0.1) is 0 Å². The monoisotopic (exact) mass is 558 g/mol. The molecule has 5 aromatic rings. The van der Waals surface area contributed by atoms with Gasteiger partial charge in [-0.2, -0.15) is 0 Å². The number of aryl methyl sites for hydroxylation is 1. The van der Waals surface area contributed by atoms with Gasteiger partial charge < -0.3 is 25.2 Å². The third kappa shape index (κ3) is 3.65. The molecule has 0 bridgehead atoms. The molecule has 7 rings (SSSR count). The van der Waals surface area contributed by atoms with E-state index in [0.29, 0.717) is 44.8 Å². The van der Waals surface area contributed by atoms with Crippen molar-refractivity contribution >= 4 is 44.8 Å². The van der Waals surface area contributed by atoms with Gasteiger partial charge in [0.25, 0.3) is 5.56 Å². The van der Waals surface area contributed by atoms with Crippen LogP contribution >= 0.6 is 0 Å². The van der Waals surface area contributed by atoms with Crippen LogP contribution in [0.3, 0.4) is 0 Å². The standard InChI is InChI=1S/C30H28F2N6O3/c1-14-8-16(12-38-21(14)5-4-17(29(38)39)30(40)41)18-10-34-28-24(23-25(32)19(31)9-20(33-2)26(23)35-28)27(18)37-7-6-15-11-36(3)13-22(15)37/h4-5,8-10,12,15,22,33H,6-7,11,13H2,1-3H3,(H,34,35)(H,40,41)/t15-,22+/m0/s1. The van der Waals surface area contributed by atoms with E-state index < -0.39 is 23.2 Å². The Morgan fingerprint density at radius 3 is 2.76 bits per heavy atom. The number of hydrogen-bond donors (Lipinski definition) is 3. The van der Waals surface area contributed by atoms with Crippen molar-refractivity contribution in [2.45, 2.75) is 19.4 Å². The van der Waals surface area contributed by atoms with E-state index >= 15 is 4.39 Å². The molecular formula is C30H28F2N6O3. The fourth-order valence-corrected chi connectivity index (χ4v) is 6.90. The summed E-state index contributed by atoms with van der Waals surface area (Å²) < 4.78 is 31.9. The van der Waals surface area contributed by atoms with Gasteiger partial charge in [0.1, 0.15) is 11.2 Å². The zero-order valence-corrected chi connectivity index (χ0v) is 22.8. The van der Waals surface area contributed by atoms with Gasteiger partial charge in [0.05, 0.1) is 33.2 Å². The molecule has 0 unspecified atom stereocenters. The van der Waals surface area contributed by atoms with Crippen LogP contribution in [0, 0.1) is 24.5 Å². The highest BCUT2D eigenvalue weighted by Crippen LogP contribution is 2.47. The Bertz CT molecular complexity index is 1980. The van der Waals surface area contributed by atoms with Crippen molar-refractivity contribution in [3.8, 4) is 11.1 Å². The average molecular weight is 559 g/mol. The Hall–Kier alpha value is -4.51. The van der Waals surface area contributed by atoms with Crippen molar-refractivity contribution in [3.63, 3.8) is 0 Å². The molecule has 0 saturated carbocycles. The largest absolute Gasteiger partial charge is 0.477 e. The van der Waals surface area contributed by atoms with E-state index in [9.17, 15) is 19.1 Å². The number of nitrogens with one attached hydrogen (secondary N) is 2. The fourth-order valence-electron chi connectivity index (χ4n) is 6.90. The fraction of sp³-hybridized carbons (Fsp3) is 0.300. The number of fused-ring (bicyclic) bond motifs is 5. The molecule has 11 heteroatoms. The molecular weight excluding hydrogens is 530 g/mol. The first-order chi connectivity index (χ1) is 19.7. The van der Waals surface area contributed by atoms with Crippen molar-refractivity contribution in [2.75, 3.05) is 43.9 Å². The van der Waals surface area contributed by atoms with Crippen LogP contribution in [0.15, 0.2) is 41.5 Å². The zero-order valence-electron chi connectivity index (χ0n) is 22.8. The number of halogens is 2. The predicted octanol–water partition coefficient (Wildman–Crippen LogP) is 4.46. The first kappa shape index (κ1) is 25.5. The molecule has 0 radical (unpaired) electrons. The summed E-state index contributed by atoms with van der Waals surface area (Å²) in [6.07, 6.45) is 4.26. The maximum absolute atomic E-state index is 15.7. The molecule has 0 amide bonds. The molecule has 3 N–H and O–H groups in total. The number of rotatable bonds is 4. The molecule has 41 heavy (non-hydrogen) atoms. The van der Waals surface area contributed by atoms with Gasteiger partial charge in [-0.1, -0.05) is 0 Å². The van der Waals surface area contributed by atoms with Crippen molar-refractivity contribution < 1.29 is 18.7 Å². The van der Waals surface area contributed by atoms with Crippen LogP contribution in [0.25, 0.3) is 38.6 Å². The number of carboxylic acids is 1. The molecule has 6 heterocycles. The van der Waals surface area contributed by atoms with Gasteiger partial charge in [0.15, 0.2) is 11.6 Å². The number of aromatic nitrogens is 3. The van der Waals surface area contributed by atoms with Gasteiger partial charge in [-0.05, 0) is 50.1 Å². The average Bonchev–Trinajstić information content (AvgIpc) is 3.62. The summed E-state index contributed by atoms with van der Waals surface area (Å²) in [5.41, 5.74) is 3.62. The van der Waals surface area contributed by atoms with Crippen LogP contribution in [-0.2, 0) is 0 Å². The third-order valence-electron chi connectivity index (χ3n) is 8.75. The predicted molar refractivity (Wildman–Crippen MR) is 154 cm³/mol. The zero-order chi connectivity index (χ0) is 28.7. The molecule has 210 valence electrons. The second-order valence-electron chi connectivity index (χ2n) is 11.1. The molecule has 0 aliphatic carbocycles. The summed E-state index contributed by atoms with van der Waals surface area (Å²) in [5.74, 6) is -2.80. The third-order valence-corrected chi connectivity index (χ3v) is 8.75. The molecule has 2 saturated heterocycles. The molecule has 9 nitrogen and oxygen atoms in total. The number of hydrogen-bond acceptors (Lipinski definition) is 6. The number of anilines is 2. The summed E-state index contributed by atoms with van der Waals surface area (Å²) in [6, 6.07) is 6.14. The topological polar surface area (TPSA) is 106 Å². The maximum Gasteiger partial charge on any atom is 0.341 e. The quantitative estimate of drug-likeness (QED) is 0.299. The van der Waals surface area contributed by atoms with Crippen LogP contribution in [0.4, 0.5) is 20.2 Å². The van der Waals surface area contributed by atoms with Gasteiger partial charge in [-0.3, -0.25) is 9.20 Å². The number of aromatic carboxylic acids is 1. The Balaban J connectivity index is 1.59. The highest BCUT2D eigenvalue weighted by Gasteiger charge is 2.42. The van der Waals surface area contributed by atoms with Crippen LogP contribution in [-0.4, -0.2) is 70.1 Å². The molecule has 2 atom stereocenters. The number of aromatic amines is 1. The highest BCUT2D eigenvalue weighted by atomic mass is 19.2. The molecule has 2 aliphatic heterocycles. The van der Waals surface area contributed by atoms with Crippen LogP contribution < -0.4 is 15.8 Å². The number of nitrogens with zero attached hydrogens (tertiary/aromatic N) is 4. The summed E-state index contributed by atoms with van der Waals surface area (Å²) in [6.45, 7) is 4.36. The lowest BCUT2D eigenvalue weighted by Gasteiger charge is -2.29. The summed E-state index contributed by atoms with van der Waals surface area (Å²) >= 11 is 0. The summed E-state index contributed by atoms with van der Waals surface area (Å²) in [5, 5.41) is 13.1. The minimum atomic E-state index is -1.30. The first-order valence-corrected chi connectivity index (χ1v) is 13.5. The van der Waals surface area contributed by atoms with Crippen molar-refractivity contribution in [2.24, 2.45) is 5.92 Å². The number of H-pyrrole nitrogens is 1. The molecule has 4 aromatic heterocycles. The summed E-state index contributed by atoms with van der Waals surface area (Å²) in [4.78, 5) is 37.3. The normalized spacial score (nSPS) is 19.1. The highest BCUT2D eigenvalue weighted by molar-refractivity contribution is 6.18. The number of benzene rings is 1. The van der Waals surface area contributed by atoms with Gasteiger partial charge in [-0.25, -0.2) is 18.6 Å². The number of likely N-dealkylation sites (tertiary alicyclic amines) is 1. The van der Waals surface area contributed by atoms with Crippen molar-refractivity contribution in [1.29, 1.82) is 0 Å². The molecule has 0 spiro atoms. The van der Waals surface area contributed by atoms with E-state index in [0.717, 1.165) is 43.4 Å². The molecule has 2 fully saturated rings. The first-order valence-electron chi connectivity index (χ1n) is 13.5. The Labute approximate surface area is 233 Å². The molecule has 2 aliphatic rings. The second-order valence-corrected chi connectivity index (χ2v) is 11.1. The van der Waals surface area contributed by atoms with E-state index in [1.165, 1.54) is 10.5 Å². The lowest BCUT2D eigenvalue weighted by atomic mass is 9.99. The number of pyridine rings is 3. The Kier molecular flexibility index (Phi) is 5.59. The van der Waals surface area contributed by atoms with Crippen LogP contribution in [0.1, 0.15) is 22.3 Å². The molecule has 1 aromatic carbocycles. The minimum absolute atomic E-state index is 0.117. The Morgan fingerprint density at radius 2 is 2.00 bits per heavy atom. The Morgan fingerprint density at radius 1 is 1.20 bits per heavy atom. The summed E-state index contributed by atoms with van der Waals surface area (Å²) in [7, 11) is 3.73. The number of carboxylic acid groups (broad SMARTS) is 1. The lowest BCUT2D eigenvalue weighted by Crippen LogP contribution is -2.35. The minimum Gasteiger partial charge on any atom is -0.477 e. The maximum atomic E-state index is 15.7. The van der Waals surface area contributed by atoms with Crippen LogP contribution in [0.5, 0.6) is 0 Å². The van der Waals surface area contributed by atoms with E-state index in [2.05, 4.69) is 32.1 Å². The second kappa shape index (κ2) is 9.00. The smallest absolute Gasteiger partial charge is 0.341 e. The van der Waals surface area contributed by atoms with Gasteiger partial charge in [0, 0.05) is 62.3 Å². The number of likely N-dealkylation sites (N-methyl/N-ethyl adjacent to an activating group) is 1. The van der Waals surface area contributed by atoms with E-state index in [1.54, 1.807) is 25.5 Å². The van der Waals surface area contributed by atoms with Gasteiger partial charge >= 0.3 is 5.97 Å². The van der Waals surface area contributed by atoms with E-state index in [1.807, 2.05) is 13.0 Å². The van der Waals surface area contributed by atoms with E-state index in [-0.39, 0.29) is 17.0 Å². The van der Waals surface area contributed by atoms with Crippen LogP contribution in [0.2, 0.25) is 0 Å². The number of carbonyl (C=O) groups is 1. The van der Waals surface area contributed by atoms with Crippen molar-refractivity contribution in [3.05, 3.63) is 69.8 Å². The SMILES string of the molecule is CNc1cc(F)c(F)c2c1[nH]c1ncc(-c3cc(C)c4ccc(C(=O)O)c(=O)n4c3)c(N3CC[C@H]4CN(C)C[C@H]43)c12. The van der Waals surface area contributed by atoms with Gasteiger partial charge in [0.2, 0.25) is 0 Å². The van der Waals surface area contributed by atoms with Crippen molar-refractivity contribution in [1.82, 2.24) is 19.3 Å².